The number of benzene rings is 2. The number of nitrogens with two attached hydrogens (primary N) is 1. The van der Waals surface area contributed by atoms with E-state index in [9.17, 15) is 17.6 Å². The van der Waals surface area contributed by atoms with Crippen LogP contribution >= 0.6 is 11.3 Å². The molecule has 0 radical (unpaired) electrons. The van der Waals surface area contributed by atoms with Crippen molar-refractivity contribution in [2.24, 2.45) is 5.73 Å². The summed E-state index contributed by atoms with van der Waals surface area (Å²) in [6.07, 6.45) is 1.71. The van der Waals surface area contributed by atoms with Crippen LogP contribution in [0.3, 0.4) is 0 Å². The van der Waals surface area contributed by atoms with Gasteiger partial charge in [-0.3, -0.25) is 4.79 Å². The van der Waals surface area contributed by atoms with E-state index in [0.29, 0.717) is 39.5 Å². The molecule has 9 heteroatoms. The molecule has 0 saturated carbocycles. The quantitative estimate of drug-likeness (QED) is 0.528. The Morgan fingerprint density at radius 2 is 1.86 bits per heavy atom. The molecule has 2 heterocycles. The van der Waals surface area contributed by atoms with E-state index < -0.39 is 20.9 Å². The van der Waals surface area contributed by atoms with Crippen LogP contribution in [0.15, 0.2) is 53.4 Å². The summed E-state index contributed by atoms with van der Waals surface area (Å²) in [5.41, 5.74) is 7.89. The second kappa shape index (κ2) is 9.90. The minimum atomic E-state index is -3.43. The van der Waals surface area contributed by atoms with Crippen molar-refractivity contribution in [2.45, 2.75) is 42.9 Å². The van der Waals surface area contributed by atoms with Gasteiger partial charge in [-0.05, 0) is 68.1 Å². The molecule has 1 fully saturated rings. The minimum Gasteiger partial charge on any atom is -0.336 e. The Kier molecular flexibility index (Phi) is 7.08. The molecule has 2 N–H and O–H groups in total. The molecule has 1 aliphatic rings. The summed E-state index contributed by atoms with van der Waals surface area (Å²) in [6, 6.07) is 14.4. The molecule has 0 unspecified atom stereocenters. The first-order valence-corrected chi connectivity index (χ1v) is 13.7. The van der Waals surface area contributed by atoms with Gasteiger partial charge >= 0.3 is 0 Å². The van der Waals surface area contributed by atoms with Crippen molar-refractivity contribution in [1.29, 1.82) is 5.26 Å². The number of rotatable bonds is 5. The third kappa shape index (κ3) is 5.01. The molecule has 1 saturated heterocycles. The average molecular weight is 512 g/mol. The molecule has 182 valence electrons. The number of amides is 1. The fourth-order valence-corrected chi connectivity index (χ4v) is 6.33. The standard InChI is InChI=1S/C26H26FN3O3S2/c1-16(2)35(32,33)21-9-7-17(8-10-21)25-22(18-5-6-19(14-28)23(27)12-18)13-24(34-25)26(31)30-11-3-4-20(29)15-30/h5-10,12-13,16,20H,3-4,11,15,29H2,1-2H3/t20-/m1/s1. The lowest BCUT2D eigenvalue weighted by atomic mass is 10.0. The summed E-state index contributed by atoms with van der Waals surface area (Å²) in [7, 11) is -3.43. The summed E-state index contributed by atoms with van der Waals surface area (Å²) in [5, 5.41) is 8.54. The molecule has 3 aromatic rings. The Balaban J connectivity index is 1.80. The van der Waals surface area contributed by atoms with Gasteiger partial charge in [-0.15, -0.1) is 11.3 Å². The van der Waals surface area contributed by atoms with Gasteiger partial charge in [0.1, 0.15) is 11.9 Å². The second-order valence-corrected chi connectivity index (χ2v) is 12.5. The molecule has 4 rings (SSSR count). The van der Waals surface area contributed by atoms with Gasteiger partial charge in [0.25, 0.3) is 5.91 Å². The number of nitriles is 1. The molecule has 1 aliphatic heterocycles. The molecule has 2 aromatic carbocycles. The molecular weight excluding hydrogens is 485 g/mol. The molecule has 6 nitrogen and oxygen atoms in total. The first kappa shape index (κ1) is 25.0. The summed E-state index contributed by atoms with van der Waals surface area (Å²) < 4.78 is 39.5. The van der Waals surface area contributed by atoms with Crippen molar-refractivity contribution in [3.8, 4) is 27.6 Å². The Hall–Kier alpha value is -3.06. The number of halogens is 1. The average Bonchev–Trinajstić information content (AvgIpc) is 3.29. The molecular formula is C26H26FN3O3S2. The lowest BCUT2D eigenvalue weighted by Gasteiger charge is -2.30. The number of sulfone groups is 1. The van der Waals surface area contributed by atoms with Gasteiger partial charge in [-0.1, -0.05) is 18.2 Å². The number of nitrogens with zero attached hydrogens (tertiary/aromatic N) is 2. The summed E-state index contributed by atoms with van der Waals surface area (Å²) in [5.74, 6) is -0.777. The molecule has 1 aromatic heterocycles. The zero-order valence-corrected chi connectivity index (χ0v) is 21.1. The number of piperidine rings is 1. The highest BCUT2D eigenvalue weighted by Crippen LogP contribution is 2.41. The van der Waals surface area contributed by atoms with Gasteiger partial charge < -0.3 is 10.6 Å². The first-order chi connectivity index (χ1) is 16.6. The maximum absolute atomic E-state index is 14.5. The smallest absolute Gasteiger partial charge is 0.264 e. The predicted molar refractivity (Wildman–Crippen MR) is 135 cm³/mol. The van der Waals surface area contributed by atoms with Gasteiger partial charge in [0.15, 0.2) is 9.84 Å². The summed E-state index contributed by atoms with van der Waals surface area (Å²) in [6.45, 7) is 4.37. The zero-order chi connectivity index (χ0) is 25.3. The van der Waals surface area contributed by atoms with Crippen LogP contribution in [0.1, 0.15) is 41.9 Å². The molecule has 0 bridgehead atoms. The summed E-state index contributed by atoms with van der Waals surface area (Å²) in [4.78, 5) is 16.5. The van der Waals surface area contributed by atoms with Crippen LogP contribution in [0.25, 0.3) is 21.6 Å². The van der Waals surface area contributed by atoms with Crippen LogP contribution < -0.4 is 5.73 Å². The van der Waals surface area contributed by atoms with Gasteiger partial charge in [-0.25, -0.2) is 12.8 Å². The number of thiophene rings is 1. The van der Waals surface area contributed by atoms with Crippen LogP contribution in [-0.4, -0.2) is 43.6 Å². The minimum absolute atomic E-state index is 0.0605. The molecule has 0 aliphatic carbocycles. The van der Waals surface area contributed by atoms with Crippen molar-refractivity contribution in [3.63, 3.8) is 0 Å². The fraction of sp³-hybridized carbons (Fsp3) is 0.308. The van der Waals surface area contributed by atoms with E-state index in [2.05, 4.69) is 0 Å². The molecule has 35 heavy (non-hydrogen) atoms. The predicted octanol–water partition coefficient (Wildman–Crippen LogP) is 4.84. The lowest BCUT2D eigenvalue weighted by molar-refractivity contribution is 0.0713. The topological polar surface area (TPSA) is 104 Å². The highest BCUT2D eigenvalue weighted by molar-refractivity contribution is 7.92. The van der Waals surface area contributed by atoms with E-state index in [-0.39, 0.29) is 22.4 Å². The number of hydrogen-bond donors (Lipinski definition) is 1. The Labute approximate surface area is 208 Å². The lowest BCUT2D eigenvalue weighted by Crippen LogP contribution is -2.45. The van der Waals surface area contributed by atoms with E-state index in [1.54, 1.807) is 55.1 Å². The van der Waals surface area contributed by atoms with Gasteiger partial charge in [0, 0.05) is 29.6 Å². The SMILES string of the molecule is CC(C)S(=O)(=O)c1ccc(-c2sc(C(=O)N3CCC[C@@H](N)C3)cc2-c2ccc(C#N)c(F)c2)cc1. The Morgan fingerprint density at radius 1 is 1.17 bits per heavy atom. The number of carbonyl (C=O) groups excluding carboxylic acids is 1. The van der Waals surface area contributed by atoms with Crippen molar-refractivity contribution < 1.29 is 17.6 Å². The van der Waals surface area contributed by atoms with Crippen LogP contribution in [0.4, 0.5) is 4.39 Å². The number of carbonyl (C=O) groups is 1. The maximum Gasteiger partial charge on any atom is 0.264 e. The van der Waals surface area contributed by atoms with E-state index in [1.165, 1.54) is 23.5 Å². The monoisotopic (exact) mass is 511 g/mol. The highest BCUT2D eigenvalue weighted by Gasteiger charge is 2.26. The Bertz CT molecular complexity index is 1410. The second-order valence-electron chi connectivity index (χ2n) is 8.93. The fourth-order valence-electron chi connectivity index (χ4n) is 4.12. The third-order valence-corrected chi connectivity index (χ3v) is 9.50. The van der Waals surface area contributed by atoms with E-state index in [4.69, 9.17) is 11.0 Å². The van der Waals surface area contributed by atoms with Crippen molar-refractivity contribution in [1.82, 2.24) is 4.90 Å². The molecule has 0 spiro atoms. The molecule has 1 atom stereocenters. The van der Waals surface area contributed by atoms with E-state index in [1.807, 2.05) is 6.07 Å². The van der Waals surface area contributed by atoms with Crippen molar-refractivity contribution in [2.75, 3.05) is 13.1 Å². The van der Waals surface area contributed by atoms with E-state index in [0.717, 1.165) is 12.8 Å². The molecule has 1 amide bonds. The van der Waals surface area contributed by atoms with Crippen molar-refractivity contribution in [3.05, 3.63) is 64.8 Å². The third-order valence-electron chi connectivity index (χ3n) is 6.15. The number of hydrogen-bond acceptors (Lipinski definition) is 6. The first-order valence-electron chi connectivity index (χ1n) is 11.3. The van der Waals surface area contributed by atoms with E-state index >= 15 is 0 Å². The number of likely N-dealkylation sites (tertiary alicyclic amines) is 1. The zero-order valence-electron chi connectivity index (χ0n) is 19.5. The van der Waals surface area contributed by atoms with Crippen LogP contribution in [-0.2, 0) is 9.84 Å². The van der Waals surface area contributed by atoms with Gasteiger partial charge in [-0.2, -0.15) is 5.26 Å². The van der Waals surface area contributed by atoms with Crippen LogP contribution in [0, 0.1) is 17.1 Å². The van der Waals surface area contributed by atoms with Crippen molar-refractivity contribution >= 4 is 27.1 Å². The van der Waals surface area contributed by atoms with Gasteiger partial charge in [0.2, 0.25) is 0 Å². The maximum atomic E-state index is 14.5. The van der Waals surface area contributed by atoms with Crippen LogP contribution in [0.5, 0.6) is 0 Å². The Morgan fingerprint density at radius 3 is 2.46 bits per heavy atom. The van der Waals surface area contributed by atoms with Gasteiger partial charge in [0.05, 0.1) is 20.6 Å². The van der Waals surface area contributed by atoms with Crippen LogP contribution in [0.2, 0.25) is 0 Å². The normalized spacial score (nSPS) is 16.3. The highest BCUT2D eigenvalue weighted by atomic mass is 32.2. The summed E-state index contributed by atoms with van der Waals surface area (Å²) >= 11 is 1.28. The largest absolute Gasteiger partial charge is 0.336 e.